The van der Waals surface area contributed by atoms with Crippen LogP contribution in [0.5, 0.6) is 0 Å². The van der Waals surface area contributed by atoms with Gasteiger partial charge in [-0.25, -0.2) is 0 Å². The van der Waals surface area contributed by atoms with E-state index in [4.69, 9.17) is 9.47 Å². The van der Waals surface area contributed by atoms with Gasteiger partial charge in [-0.2, -0.15) is 0 Å². The summed E-state index contributed by atoms with van der Waals surface area (Å²) in [4.78, 5) is 6.85. The number of aliphatic imine (C=N–C) groups is 1. The van der Waals surface area contributed by atoms with Gasteiger partial charge in [0.2, 0.25) is 0 Å². The molecule has 0 radical (unpaired) electrons. The lowest BCUT2D eigenvalue weighted by Gasteiger charge is -2.45. The number of nitrogens with one attached hydrogen (secondary N) is 2. The molecule has 0 saturated carbocycles. The third kappa shape index (κ3) is 7.12. The van der Waals surface area contributed by atoms with Gasteiger partial charge in [-0.3, -0.25) is 9.89 Å². The summed E-state index contributed by atoms with van der Waals surface area (Å²) in [5.41, 5.74) is 0.106. The molecule has 0 spiro atoms. The minimum atomic E-state index is 0.0224. The van der Waals surface area contributed by atoms with E-state index in [1.165, 1.54) is 0 Å². The molecule has 1 saturated heterocycles. The Morgan fingerprint density at radius 1 is 1.16 bits per heavy atom. The van der Waals surface area contributed by atoms with Crippen LogP contribution in [0.2, 0.25) is 0 Å². The van der Waals surface area contributed by atoms with Gasteiger partial charge in [-0.05, 0) is 33.1 Å². The largest absolute Gasteiger partial charge is 0.379 e. The third-order valence-corrected chi connectivity index (χ3v) is 4.89. The van der Waals surface area contributed by atoms with E-state index in [0.29, 0.717) is 0 Å². The first-order valence-electron chi connectivity index (χ1n) is 9.37. The van der Waals surface area contributed by atoms with Crippen LogP contribution in [-0.4, -0.2) is 75.0 Å². The van der Waals surface area contributed by atoms with Crippen molar-refractivity contribution in [1.29, 1.82) is 0 Å². The predicted octanol–water partition coefficient (Wildman–Crippen LogP) is 2.10. The molecule has 3 atom stereocenters. The van der Waals surface area contributed by atoms with E-state index in [9.17, 15) is 0 Å². The molecule has 1 fully saturated rings. The average Bonchev–Trinajstić information content (AvgIpc) is 2.48. The molecular formula is C19H40N4O2. The highest BCUT2D eigenvalue weighted by molar-refractivity contribution is 5.79. The van der Waals surface area contributed by atoms with Crippen molar-refractivity contribution >= 4 is 5.96 Å². The fourth-order valence-electron chi connectivity index (χ4n) is 3.24. The lowest BCUT2D eigenvalue weighted by molar-refractivity contribution is -0.0946. The Labute approximate surface area is 154 Å². The van der Waals surface area contributed by atoms with E-state index in [2.05, 4.69) is 69.0 Å². The van der Waals surface area contributed by atoms with Crippen molar-refractivity contribution in [3.05, 3.63) is 0 Å². The smallest absolute Gasteiger partial charge is 0.191 e. The quantitative estimate of drug-likeness (QED) is 0.564. The predicted molar refractivity (Wildman–Crippen MR) is 105 cm³/mol. The van der Waals surface area contributed by atoms with E-state index in [1.807, 2.05) is 0 Å². The number of morpholine rings is 1. The molecule has 148 valence electrons. The molecule has 6 nitrogen and oxygen atoms in total. The van der Waals surface area contributed by atoms with Crippen molar-refractivity contribution in [3.63, 3.8) is 0 Å². The van der Waals surface area contributed by atoms with Crippen LogP contribution in [0.15, 0.2) is 4.99 Å². The van der Waals surface area contributed by atoms with Crippen molar-refractivity contribution in [1.82, 2.24) is 15.5 Å². The van der Waals surface area contributed by atoms with Gasteiger partial charge in [0.1, 0.15) is 0 Å². The standard InChI is InChI=1S/C19H40N4O2/c1-14-11-23(12-15(2)25-14)19(6,7)13-22-17(20-8)21-10-16(24-9)18(3,4)5/h14-16H,10-13H2,1-9H3,(H2,20,21,22). The second kappa shape index (κ2) is 9.19. The Hall–Kier alpha value is -0.850. The summed E-state index contributed by atoms with van der Waals surface area (Å²) in [5.74, 6) is 0.814. The van der Waals surface area contributed by atoms with Gasteiger partial charge in [0.05, 0.1) is 18.3 Å². The number of nitrogens with zero attached hydrogens (tertiary/aromatic N) is 2. The second-order valence-corrected chi connectivity index (χ2v) is 8.87. The number of methoxy groups -OCH3 is 1. The number of hydrogen-bond donors (Lipinski definition) is 2. The van der Waals surface area contributed by atoms with Crippen LogP contribution in [0.3, 0.4) is 0 Å². The van der Waals surface area contributed by atoms with Gasteiger partial charge in [-0.15, -0.1) is 0 Å². The molecule has 3 unspecified atom stereocenters. The molecule has 1 aliphatic rings. The van der Waals surface area contributed by atoms with Gasteiger partial charge < -0.3 is 20.1 Å². The number of hydrogen-bond acceptors (Lipinski definition) is 4. The second-order valence-electron chi connectivity index (χ2n) is 8.87. The van der Waals surface area contributed by atoms with Gasteiger partial charge in [0.25, 0.3) is 0 Å². The zero-order chi connectivity index (χ0) is 19.3. The molecule has 6 heteroatoms. The minimum Gasteiger partial charge on any atom is -0.379 e. The number of guanidine groups is 1. The maximum Gasteiger partial charge on any atom is 0.191 e. The maximum atomic E-state index is 5.86. The first-order valence-corrected chi connectivity index (χ1v) is 9.37. The number of ether oxygens (including phenoxy) is 2. The zero-order valence-electron chi connectivity index (χ0n) is 17.8. The monoisotopic (exact) mass is 356 g/mol. The first-order chi connectivity index (χ1) is 11.5. The molecule has 0 bridgehead atoms. The Morgan fingerprint density at radius 3 is 2.16 bits per heavy atom. The topological polar surface area (TPSA) is 58.1 Å². The SMILES string of the molecule is CN=C(NCC(OC)C(C)(C)C)NCC(C)(C)N1CC(C)OC(C)C1. The van der Waals surface area contributed by atoms with E-state index in [-0.39, 0.29) is 29.3 Å². The molecule has 1 aliphatic heterocycles. The molecule has 0 aromatic heterocycles. The highest BCUT2D eigenvalue weighted by Crippen LogP contribution is 2.22. The van der Waals surface area contributed by atoms with Crippen molar-refractivity contribution in [2.24, 2.45) is 10.4 Å². The van der Waals surface area contributed by atoms with Crippen LogP contribution in [0.1, 0.15) is 48.5 Å². The highest BCUT2D eigenvalue weighted by atomic mass is 16.5. The first kappa shape index (κ1) is 22.2. The average molecular weight is 357 g/mol. The summed E-state index contributed by atoms with van der Waals surface area (Å²) in [6, 6.07) is 0. The Kier molecular flexibility index (Phi) is 8.16. The summed E-state index contributed by atoms with van der Waals surface area (Å²) in [6.07, 6.45) is 0.671. The molecule has 25 heavy (non-hydrogen) atoms. The lowest BCUT2D eigenvalue weighted by Crippen LogP contribution is -2.59. The van der Waals surface area contributed by atoms with Crippen molar-refractivity contribution in [2.75, 3.05) is 40.3 Å². The van der Waals surface area contributed by atoms with E-state index in [0.717, 1.165) is 32.1 Å². The molecule has 0 aliphatic carbocycles. The van der Waals surface area contributed by atoms with Crippen LogP contribution in [-0.2, 0) is 9.47 Å². The Balaban J connectivity index is 2.55. The molecule has 0 amide bonds. The molecule has 1 heterocycles. The van der Waals surface area contributed by atoms with Crippen LogP contribution in [0.25, 0.3) is 0 Å². The van der Waals surface area contributed by atoms with Gasteiger partial charge in [0.15, 0.2) is 5.96 Å². The minimum absolute atomic E-state index is 0.0224. The highest BCUT2D eigenvalue weighted by Gasteiger charge is 2.33. The molecule has 0 aromatic carbocycles. The molecule has 0 aromatic rings. The van der Waals surface area contributed by atoms with Gasteiger partial charge in [-0.1, -0.05) is 20.8 Å². The van der Waals surface area contributed by atoms with E-state index in [1.54, 1.807) is 14.2 Å². The van der Waals surface area contributed by atoms with Crippen molar-refractivity contribution < 1.29 is 9.47 Å². The molecule has 2 N–H and O–H groups in total. The van der Waals surface area contributed by atoms with E-state index < -0.39 is 0 Å². The van der Waals surface area contributed by atoms with Gasteiger partial charge >= 0.3 is 0 Å². The van der Waals surface area contributed by atoms with Crippen molar-refractivity contribution in [3.8, 4) is 0 Å². The summed E-state index contributed by atoms with van der Waals surface area (Å²) < 4.78 is 11.5. The van der Waals surface area contributed by atoms with Crippen LogP contribution < -0.4 is 10.6 Å². The fourth-order valence-corrected chi connectivity index (χ4v) is 3.24. The Morgan fingerprint density at radius 2 is 1.72 bits per heavy atom. The van der Waals surface area contributed by atoms with Crippen LogP contribution >= 0.6 is 0 Å². The molecular weight excluding hydrogens is 316 g/mol. The fraction of sp³-hybridized carbons (Fsp3) is 0.947. The van der Waals surface area contributed by atoms with Gasteiger partial charge in [0, 0.05) is 45.9 Å². The summed E-state index contributed by atoms with van der Waals surface area (Å²) in [5, 5.41) is 6.86. The Bertz CT molecular complexity index is 422. The van der Waals surface area contributed by atoms with Crippen LogP contribution in [0.4, 0.5) is 0 Å². The summed E-state index contributed by atoms with van der Waals surface area (Å²) >= 11 is 0. The molecule has 1 rings (SSSR count). The van der Waals surface area contributed by atoms with Crippen molar-refractivity contribution in [2.45, 2.75) is 72.3 Å². The summed E-state index contributed by atoms with van der Waals surface area (Å²) in [6.45, 7) is 18.8. The van der Waals surface area contributed by atoms with E-state index >= 15 is 0 Å². The summed E-state index contributed by atoms with van der Waals surface area (Å²) in [7, 11) is 3.57. The zero-order valence-corrected chi connectivity index (χ0v) is 17.8. The normalized spacial score (nSPS) is 24.9. The number of rotatable bonds is 6. The third-order valence-electron chi connectivity index (χ3n) is 4.89. The maximum absolute atomic E-state index is 5.86. The lowest BCUT2D eigenvalue weighted by atomic mass is 9.89. The van der Waals surface area contributed by atoms with Crippen LogP contribution in [0, 0.1) is 5.41 Å².